The van der Waals surface area contributed by atoms with Crippen molar-refractivity contribution in [1.82, 2.24) is 0 Å². The smallest absolute Gasteiger partial charge is 0.338 e. The summed E-state index contributed by atoms with van der Waals surface area (Å²) in [6.07, 6.45) is 0. The Morgan fingerprint density at radius 1 is 1.00 bits per heavy atom. The Balaban J connectivity index is 2.52. The molecule has 0 atom stereocenters. The average Bonchev–Trinajstić information content (AvgIpc) is 2.26. The summed E-state index contributed by atoms with van der Waals surface area (Å²) < 4.78 is 13.5. The molecule has 18 heavy (non-hydrogen) atoms. The number of carboxylic acids is 1. The van der Waals surface area contributed by atoms with Crippen LogP contribution in [0.15, 0.2) is 36.4 Å². The van der Waals surface area contributed by atoms with Crippen LogP contribution in [0, 0.1) is 5.82 Å². The Morgan fingerprint density at radius 2 is 1.61 bits per heavy atom. The molecule has 0 saturated carbocycles. The summed E-state index contributed by atoms with van der Waals surface area (Å²) in [7, 11) is 0. The molecule has 0 aliphatic carbocycles. The van der Waals surface area contributed by atoms with E-state index in [9.17, 15) is 9.18 Å². The maximum absolute atomic E-state index is 13.5. The summed E-state index contributed by atoms with van der Waals surface area (Å²) in [5, 5.41) is 9.59. The van der Waals surface area contributed by atoms with E-state index in [1.807, 2.05) is 0 Å². The summed E-state index contributed by atoms with van der Waals surface area (Å²) in [6, 6.07) is 8.68. The molecule has 0 fully saturated rings. The second-order valence-electron chi connectivity index (χ2n) is 3.66. The van der Waals surface area contributed by atoms with E-state index in [0.29, 0.717) is 21.2 Å². The minimum atomic E-state index is -1.30. The normalized spacial score (nSPS) is 10.4. The second kappa shape index (κ2) is 4.96. The summed E-state index contributed by atoms with van der Waals surface area (Å²) in [4.78, 5) is 10.7. The first-order chi connectivity index (χ1) is 8.47. The molecule has 5 heteroatoms. The molecule has 0 amide bonds. The van der Waals surface area contributed by atoms with E-state index in [1.165, 1.54) is 12.1 Å². The van der Waals surface area contributed by atoms with E-state index < -0.39 is 11.8 Å². The number of rotatable bonds is 2. The molecule has 92 valence electrons. The monoisotopic (exact) mass is 284 g/mol. The summed E-state index contributed by atoms with van der Waals surface area (Å²) in [5.41, 5.74) is 0.775. The zero-order chi connectivity index (χ0) is 13.3. The number of benzene rings is 2. The standard InChI is InChI=1S/C13H7Cl2FO2/c14-9-3-8(4-10(15)6-9)7-1-2-11(13(17)18)12(16)5-7/h1-6H,(H,17,18). The minimum Gasteiger partial charge on any atom is -0.478 e. The van der Waals surface area contributed by atoms with Crippen LogP contribution in [-0.2, 0) is 0 Å². The van der Waals surface area contributed by atoms with Gasteiger partial charge in [0.15, 0.2) is 0 Å². The highest BCUT2D eigenvalue weighted by Gasteiger charge is 2.11. The Kier molecular flexibility index (Phi) is 3.55. The summed E-state index contributed by atoms with van der Waals surface area (Å²) >= 11 is 11.7. The third-order valence-corrected chi connectivity index (χ3v) is 2.83. The van der Waals surface area contributed by atoms with E-state index in [4.69, 9.17) is 28.3 Å². The van der Waals surface area contributed by atoms with E-state index in [0.717, 1.165) is 6.07 Å². The van der Waals surface area contributed by atoms with Gasteiger partial charge in [-0.3, -0.25) is 0 Å². The van der Waals surface area contributed by atoms with Crippen LogP contribution < -0.4 is 0 Å². The van der Waals surface area contributed by atoms with Gasteiger partial charge in [0.1, 0.15) is 5.82 Å². The van der Waals surface area contributed by atoms with Gasteiger partial charge in [-0.15, -0.1) is 0 Å². The minimum absolute atomic E-state index is 0.369. The lowest BCUT2D eigenvalue weighted by Gasteiger charge is -2.05. The molecule has 1 N–H and O–H groups in total. The first-order valence-electron chi connectivity index (χ1n) is 4.96. The van der Waals surface area contributed by atoms with Crippen LogP contribution in [0.2, 0.25) is 10.0 Å². The van der Waals surface area contributed by atoms with Crippen LogP contribution in [0.3, 0.4) is 0 Å². The maximum atomic E-state index is 13.5. The molecule has 0 aliphatic rings. The Labute approximate surface area is 113 Å². The van der Waals surface area contributed by atoms with Crippen molar-refractivity contribution >= 4 is 29.2 Å². The molecule has 2 aromatic rings. The first kappa shape index (κ1) is 12.9. The fraction of sp³-hybridized carbons (Fsp3) is 0. The van der Waals surface area contributed by atoms with Gasteiger partial charge in [-0.1, -0.05) is 29.3 Å². The molecule has 0 aliphatic heterocycles. The summed E-state index contributed by atoms with van der Waals surface area (Å²) in [6.45, 7) is 0. The van der Waals surface area contributed by atoms with Gasteiger partial charge in [0, 0.05) is 10.0 Å². The third-order valence-electron chi connectivity index (χ3n) is 2.40. The van der Waals surface area contributed by atoms with Crippen molar-refractivity contribution in [3.63, 3.8) is 0 Å². The van der Waals surface area contributed by atoms with Crippen molar-refractivity contribution in [3.05, 3.63) is 57.8 Å². The maximum Gasteiger partial charge on any atom is 0.338 e. The van der Waals surface area contributed by atoms with Gasteiger partial charge in [0.25, 0.3) is 0 Å². The van der Waals surface area contributed by atoms with Gasteiger partial charge in [0.2, 0.25) is 0 Å². The van der Waals surface area contributed by atoms with E-state index in [-0.39, 0.29) is 5.56 Å². The van der Waals surface area contributed by atoms with Crippen molar-refractivity contribution in [2.75, 3.05) is 0 Å². The fourth-order valence-corrected chi connectivity index (χ4v) is 2.11. The Bertz CT molecular complexity index is 606. The lowest BCUT2D eigenvalue weighted by Crippen LogP contribution is -2.00. The number of halogens is 3. The molecule has 0 aromatic heterocycles. The Morgan fingerprint density at radius 3 is 2.11 bits per heavy atom. The molecular formula is C13H7Cl2FO2. The van der Waals surface area contributed by atoms with Gasteiger partial charge in [0.05, 0.1) is 5.56 Å². The molecular weight excluding hydrogens is 278 g/mol. The zero-order valence-electron chi connectivity index (χ0n) is 8.95. The molecule has 0 heterocycles. The van der Waals surface area contributed by atoms with Crippen molar-refractivity contribution in [3.8, 4) is 11.1 Å². The van der Waals surface area contributed by atoms with Gasteiger partial charge >= 0.3 is 5.97 Å². The number of aromatic carboxylic acids is 1. The average molecular weight is 285 g/mol. The van der Waals surface area contributed by atoms with Crippen molar-refractivity contribution in [1.29, 1.82) is 0 Å². The molecule has 0 spiro atoms. The SMILES string of the molecule is O=C(O)c1ccc(-c2cc(Cl)cc(Cl)c2)cc1F. The van der Waals surface area contributed by atoms with E-state index in [2.05, 4.69) is 0 Å². The number of hydrogen-bond acceptors (Lipinski definition) is 1. The topological polar surface area (TPSA) is 37.3 Å². The zero-order valence-corrected chi connectivity index (χ0v) is 10.5. The first-order valence-corrected chi connectivity index (χ1v) is 5.72. The lowest BCUT2D eigenvalue weighted by molar-refractivity contribution is 0.0692. The Hall–Kier alpha value is -1.58. The van der Waals surface area contributed by atoms with Gasteiger partial charge < -0.3 is 5.11 Å². The van der Waals surface area contributed by atoms with Crippen LogP contribution in [0.4, 0.5) is 4.39 Å². The predicted octanol–water partition coefficient (Wildman–Crippen LogP) is 4.50. The van der Waals surface area contributed by atoms with Crippen LogP contribution in [0.1, 0.15) is 10.4 Å². The quantitative estimate of drug-likeness (QED) is 0.882. The largest absolute Gasteiger partial charge is 0.478 e. The fourth-order valence-electron chi connectivity index (χ4n) is 1.59. The molecule has 0 unspecified atom stereocenters. The molecule has 2 rings (SSSR count). The molecule has 2 nitrogen and oxygen atoms in total. The van der Waals surface area contributed by atoms with Crippen LogP contribution in [-0.4, -0.2) is 11.1 Å². The van der Waals surface area contributed by atoms with Crippen molar-refractivity contribution in [2.24, 2.45) is 0 Å². The third kappa shape index (κ3) is 2.63. The van der Waals surface area contributed by atoms with Gasteiger partial charge in [-0.05, 0) is 41.5 Å². The molecule has 0 radical (unpaired) electrons. The van der Waals surface area contributed by atoms with E-state index in [1.54, 1.807) is 18.2 Å². The summed E-state index contributed by atoms with van der Waals surface area (Å²) in [5.74, 6) is -2.10. The molecule has 0 bridgehead atoms. The highest BCUT2D eigenvalue weighted by Crippen LogP contribution is 2.28. The lowest BCUT2D eigenvalue weighted by atomic mass is 10.0. The number of hydrogen-bond donors (Lipinski definition) is 1. The van der Waals surface area contributed by atoms with E-state index >= 15 is 0 Å². The highest BCUT2D eigenvalue weighted by atomic mass is 35.5. The second-order valence-corrected chi connectivity index (χ2v) is 4.53. The predicted molar refractivity (Wildman–Crippen MR) is 68.8 cm³/mol. The molecule has 0 saturated heterocycles. The molecule has 2 aromatic carbocycles. The van der Waals surface area contributed by atoms with Crippen LogP contribution in [0.25, 0.3) is 11.1 Å². The highest BCUT2D eigenvalue weighted by molar-refractivity contribution is 6.35. The van der Waals surface area contributed by atoms with Crippen LogP contribution in [0.5, 0.6) is 0 Å². The van der Waals surface area contributed by atoms with Crippen molar-refractivity contribution in [2.45, 2.75) is 0 Å². The number of carbonyl (C=O) groups is 1. The number of carboxylic acid groups (broad SMARTS) is 1. The van der Waals surface area contributed by atoms with Crippen LogP contribution >= 0.6 is 23.2 Å². The van der Waals surface area contributed by atoms with Gasteiger partial charge in [-0.2, -0.15) is 0 Å². The van der Waals surface area contributed by atoms with Crippen molar-refractivity contribution < 1.29 is 14.3 Å². The van der Waals surface area contributed by atoms with Gasteiger partial charge in [-0.25, -0.2) is 9.18 Å².